The van der Waals surface area contributed by atoms with Gasteiger partial charge in [-0.3, -0.25) is 4.79 Å². The Kier molecular flexibility index (Phi) is 4.78. The first-order valence-electron chi connectivity index (χ1n) is 4.85. The van der Waals surface area contributed by atoms with Crippen molar-refractivity contribution in [2.24, 2.45) is 0 Å². The number of anilines is 1. The Labute approximate surface area is 103 Å². The number of hydrogen-bond donors (Lipinski definition) is 2. The lowest BCUT2D eigenvalue weighted by Gasteiger charge is -2.09. The van der Waals surface area contributed by atoms with Gasteiger partial charge in [-0.15, -0.1) is 11.6 Å². The zero-order valence-electron chi connectivity index (χ0n) is 9.20. The van der Waals surface area contributed by atoms with Crippen LogP contribution in [0.5, 0.6) is 5.75 Å². The van der Waals surface area contributed by atoms with E-state index in [4.69, 9.17) is 21.4 Å². The number of carbonyl (C=O) groups is 2. The fraction of sp³-hybridized carbons (Fsp3) is 0.273. The molecule has 0 aliphatic carbocycles. The largest absolute Gasteiger partial charge is 0.497 e. The van der Waals surface area contributed by atoms with E-state index in [2.05, 4.69) is 5.32 Å². The van der Waals surface area contributed by atoms with Crippen molar-refractivity contribution in [3.63, 3.8) is 0 Å². The molecule has 1 aromatic carbocycles. The van der Waals surface area contributed by atoms with Gasteiger partial charge < -0.3 is 15.2 Å². The molecule has 2 N–H and O–H groups in total. The van der Waals surface area contributed by atoms with Crippen LogP contribution in [-0.2, 0) is 4.79 Å². The molecule has 0 fully saturated rings. The van der Waals surface area contributed by atoms with E-state index in [1.54, 1.807) is 6.07 Å². The van der Waals surface area contributed by atoms with E-state index in [9.17, 15) is 9.59 Å². The summed E-state index contributed by atoms with van der Waals surface area (Å²) in [6.07, 6.45) is 0.132. The second kappa shape index (κ2) is 6.10. The van der Waals surface area contributed by atoms with Gasteiger partial charge in [0.25, 0.3) is 0 Å². The molecule has 0 heterocycles. The van der Waals surface area contributed by atoms with Crippen LogP contribution in [0.2, 0.25) is 0 Å². The molecule has 0 saturated carbocycles. The van der Waals surface area contributed by atoms with Gasteiger partial charge in [-0.1, -0.05) is 0 Å². The Balaban J connectivity index is 2.98. The number of methoxy groups -OCH3 is 1. The zero-order valence-corrected chi connectivity index (χ0v) is 9.95. The molecule has 0 radical (unpaired) electrons. The van der Waals surface area contributed by atoms with Gasteiger partial charge in [0.05, 0.1) is 18.4 Å². The molecule has 0 atom stereocenters. The number of aromatic carboxylic acids is 1. The predicted octanol–water partition coefficient (Wildman–Crippen LogP) is 1.96. The van der Waals surface area contributed by atoms with Crippen molar-refractivity contribution in [1.82, 2.24) is 0 Å². The third kappa shape index (κ3) is 3.64. The quantitative estimate of drug-likeness (QED) is 0.791. The summed E-state index contributed by atoms with van der Waals surface area (Å²) in [4.78, 5) is 22.3. The normalized spacial score (nSPS) is 9.76. The Morgan fingerprint density at radius 1 is 1.47 bits per heavy atom. The third-order valence-electron chi connectivity index (χ3n) is 2.05. The van der Waals surface area contributed by atoms with Crippen LogP contribution in [0.4, 0.5) is 5.69 Å². The number of halogens is 1. The Morgan fingerprint density at radius 2 is 2.18 bits per heavy atom. The molecule has 92 valence electrons. The number of nitrogens with one attached hydrogen (secondary N) is 1. The summed E-state index contributed by atoms with van der Waals surface area (Å²) in [5.74, 6) is -0.861. The van der Waals surface area contributed by atoms with Crippen LogP contribution in [0.1, 0.15) is 16.8 Å². The monoisotopic (exact) mass is 257 g/mol. The molecule has 0 aliphatic heterocycles. The van der Waals surface area contributed by atoms with Gasteiger partial charge in [0.1, 0.15) is 5.75 Å². The van der Waals surface area contributed by atoms with Crippen LogP contribution in [-0.4, -0.2) is 30.0 Å². The molecule has 0 aromatic heterocycles. The highest BCUT2D eigenvalue weighted by molar-refractivity contribution is 6.19. The summed E-state index contributed by atoms with van der Waals surface area (Å²) in [7, 11) is 1.44. The number of alkyl halides is 1. The van der Waals surface area contributed by atoms with Crippen LogP contribution >= 0.6 is 11.6 Å². The number of carboxylic acids is 1. The van der Waals surface area contributed by atoms with Crippen molar-refractivity contribution in [3.05, 3.63) is 23.8 Å². The molecular formula is C11H12ClNO4. The summed E-state index contributed by atoms with van der Waals surface area (Å²) in [6.45, 7) is 0. The molecule has 6 heteroatoms. The second-order valence-corrected chi connectivity index (χ2v) is 3.58. The Morgan fingerprint density at radius 3 is 2.71 bits per heavy atom. The molecule has 0 saturated heterocycles. The highest BCUT2D eigenvalue weighted by atomic mass is 35.5. The van der Waals surface area contributed by atoms with Crippen molar-refractivity contribution < 1.29 is 19.4 Å². The topological polar surface area (TPSA) is 75.6 Å². The molecule has 0 bridgehead atoms. The van der Waals surface area contributed by atoms with Gasteiger partial charge in [-0.25, -0.2) is 4.79 Å². The van der Waals surface area contributed by atoms with E-state index in [0.717, 1.165) is 0 Å². The standard InChI is InChI=1S/C11H12ClNO4/c1-17-7-2-3-9(8(6-7)11(15)16)13-10(14)4-5-12/h2-3,6H,4-5H2,1H3,(H,13,14)(H,15,16). The van der Waals surface area contributed by atoms with Crippen LogP contribution in [0, 0.1) is 0 Å². The summed E-state index contributed by atoms with van der Waals surface area (Å²) in [5.41, 5.74) is 0.209. The van der Waals surface area contributed by atoms with Crippen molar-refractivity contribution in [1.29, 1.82) is 0 Å². The number of benzene rings is 1. The maximum atomic E-state index is 11.3. The average molecular weight is 258 g/mol. The molecule has 1 rings (SSSR count). The lowest BCUT2D eigenvalue weighted by molar-refractivity contribution is -0.115. The average Bonchev–Trinajstić information content (AvgIpc) is 2.29. The molecule has 1 aromatic rings. The Bertz CT molecular complexity index is 433. The highest BCUT2D eigenvalue weighted by Gasteiger charge is 2.13. The third-order valence-corrected chi connectivity index (χ3v) is 2.24. The first-order chi connectivity index (χ1) is 8.08. The van der Waals surface area contributed by atoms with Crippen LogP contribution in [0.25, 0.3) is 0 Å². The van der Waals surface area contributed by atoms with E-state index >= 15 is 0 Å². The van der Waals surface area contributed by atoms with Crippen molar-refractivity contribution in [3.8, 4) is 5.75 Å². The first-order valence-corrected chi connectivity index (χ1v) is 5.39. The van der Waals surface area contributed by atoms with Gasteiger partial charge in [0.2, 0.25) is 5.91 Å². The van der Waals surface area contributed by atoms with Gasteiger partial charge in [0.15, 0.2) is 0 Å². The number of carbonyl (C=O) groups excluding carboxylic acids is 1. The highest BCUT2D eigenvalue weighted by Crippen LogP contribution is 2.22. The molecular weight excluding hydrogens is 246 g/mol. The maximum absolute atomic E-state index is 11.3. The fourth-order valence-corrected chi connectivity index (χ4v) is 1.41. The summed E-state index contributed by atoms with van der Waals surface area (Å²) >= 11 is 5.42. The number of ether oxygens (including phenoxy) is 1. The number of carboxylic acid groups (broad SMARTS) is 1. The minimum absolute atomic E-state index is 0.0210. The Hall–Kier alpha value is -1.75. The molecule has 5 nitrogen and oxygen atoms in total. The molecule has 0 spiro atoms. The number of amides is 1. The number of hydrogen-bond acceptors (Lipinski definition) is 3. The summed E-state index contributed by atoms with van der Waals surface area (Å²) < 4.78 is 4.92. The van der Waals surface area contributed by atoms with Crippen molar-refractivity contribution in [2.45, 2.75) is 6.42 Å². The van der Waals surface area contributed by atoms with Gasteiger partial charge in [-0.2, -0.15) is 0 Å². The minimum Gasteiger partial charge on any atom is -0.497 e. The van der Waals surface area contributed by atoms with Crippen molar-refractivity contribution >= 4 is 29.2 Å². The van der Waals surface area contributed by atoms with Crippen molar-refractivity contribution in [2.75, 3.05) is 18.3 Å². The molecule has 1 amide bonds. The first kappa shape index (κ1) is 13.3. The van der Waals surface area contributed by atoms with E-state index < -0.39 is 5.97 Å². The SMILES string of the molecule is COc1ccc(NC(=O)CCCl)c(C(=O)O)c1. The molecule has 0 unspecified atom stereocenters. The van der Waals surface area contributed by atoms with Gasteiger partial charge >= 0.3 is 5.97 Å². The van der Waals surface area contributed by atoms with Gasteiger partial charge in [0, 0.05) is 12.3 Å². The predicted molar refractivity (Wildman–Crippen MR) is 63.9 cm³/mol. The molecule has 0 aliphatic rings. The fourth-order valence-electron chi connectivity index (χ4n) is 1.23. The smallest absolute Gasteiger partial charge is 0.337 e. The van der Waals surface area contributed by atoms with E-state index in [0.29, 0.717) is 5.75 Å². The minimum atomic E-state index is -1.13. The van der Waals surface area contributed by atoms with Crippen LogP contribution in [0.3, 0.4) is 0 Å². The number of rotatable bonds is 5. The molecule has 17 heavy (non-hydrogen) atoms. The van der Waals surface area contributed by atoms with Crippen LogP contribution in [0.15, 0.2) is 18.2 Å². The lowest BCUT2D eigenvalue weighted by Crippen LogP contribution is -2.14. The zero-order chi connectivity index (χ0) is 12.8. The summed E-state index contributed by atoms with van der Waals surface area (Å²) in [5, 5.41) is 11.5. The lowest BCUT2D eigenvalue weighted by atomic mass is 10.1. The van der Waals surface area contributed by atoms with E-state index in [-0.39, 0.29) is 29.5 Å². The summed E-state index contributed by atoms with van der Waals surface area (Å²) in [6, 6.07) is 4.40. The van der Waals surface area contributed by atoms with E-state index in [1.807, 2.05) is 0 Å². The van der Waals surface area contributed by atoms with E-state index in [1.165, 1.54) is 19.2 Å². The second-order valence-electron chi connectivity index (χ2n) is 3.20. The van der Waals surface area contributed by atoms with Crippen LogP contribution < -0.4 is 10.1 Å². The maximum Gasteiger partial charge on any atom is 0.337 e. The van der Waals surface area contributed by atoms with Gasteiger partial charge in [-0.05, 0) is 18.2 Å².